The molecule has 0 spiro atoms. The molecule has 1 aliphatic rings. The van der Waals surface area contributed by atoms with Gasteiger partial charge >= 0.3 is 5.97 Å². The summed E-state index contributed by atoms with van der Waals surface area (Å²) < 4.78 is 27.0. The van der Waals surface area contributed by atoms with Crippen molar-refractivity contribution >= 4 is 22.1 Å². The summed E-state index contributed by atoms with van der Waals surface area (Å²) in [5, 5.41) is 11.1. The number of hydrogen-bond acceptors (Lipinski definition) is 4. The lowest BCUT2D eigenvalue weighted by Gasteiger charge is -2.35. The maximum Gasteiger partial charge on any atom is 0.304 e. The third-order valence-corrected chi connectivity index (χ3v) is 5.33. The molecule has 0 aliphatic carbocycles. The Morgan fingerprint density at radius 1 is 1.40 bits per heavy atom. The second-order valence-electron chi connectivity index (χ2n) is 4.71. The van der Waals surface area contributed by atoms with Gasteiger partial charge in [0.05, 0.1) is 6.42 Å². The van der Waals surface area contributed by atoms with E-state index in [4.69, 9.17) is 5.11 Å². The van der Waals surface area contributed by atoms with Gasteiger partial charge in [-0.2, -0.15) is 17.0 Å². The van der Waals surface area contributed by atoms with Crippen molar-refractivity contribution in [2.45, 2.75) is 31.7 Å². The average Bonchev–Trinajstić information content (AvgIpc) is 2.43. The number of hydrogen-bond donors (Lipinski definition) is 2. The first-order valence-electron chi connectivity index (χ1n) is 6.47. The first-order chi connectivity index (χ1) is 9.30. The van der Waals surface area contributed by atoms with Gasteiger partial charge in [-0.15, -0.1) is 0 Å². The van der Waals surface area contributed by atoms with Gasteiger partial charge in [0.2, 0.25) is 5.91 Å². The van der Waals surface area contributed by atoms with Gasteiger partial charge in [0.15, 0.2) is 0 Å². The second kappa shape index (κ2) is 7.00. The van der Waals surface area contributed by atoms with Crippen LogP contribution in [0.2, 0.25) is 0 Å². The lowest BCUT2D eigenvalue weighted by molar-refractivity contribution is -0.137. The average molecular weight is 307 g/mol. The number of piperidine rings is 1. The molecule has 0 saturated carbocycles. The highest BCUT2D eigenvalue weighted by Gasteiger charge is 2.38. The molecule has 116 valence electrons. The molecule has 1 aliphatic heterocycles. The van der Waals surface area contributed by atoms with Crippen LogP contribution in [0.4, 0.5) is 0 Å². The summed E-state index contributed by atoms with van der Waals surface area (Å²) in [6, 6.07) is -0.717. The molecule has 1 heterocycles. The van der Waals surface area contributed by atoms with Crippen molar-refractivity contribution in [2.24, 2.45) is 0 Å². The molecule has 9 heteroatoms. The van der Waals surface area contributed by atoms with Crippen LogP contribution in [0.1, 0.15) is 25.7 Å². The van der Waals surface area contributed by atoms with Gasteiger partial charge in [-0.25, -0.2) is 0 Å². The largest absolute Gasteiger partial charge is 0.481 e. The Labute approximate surface area is 118 Å². The highest BCUT2D eigenvalue weighted by atomic mass is 32.2. The number of carbonyl (C=O) groups is 2. The zero-order chi connectivity index (χ0) is 15.3. The summed E-state index contributed by atoms with van der Waals surface area (Å²) in [4.78, 5) is 22.3. The molecule has 0 aromatic rings. The molecule has 20 heavy (non-hydrogen) atoms. The van der Waals surface area contributed by atoms with Crippen LogP contribution >= 0.6 is 0 Å². The van der Waals surface area contributed by atoms with Crippen LogP contribution in [0.25, 0.3) is 0 Å². The predicted octanol–water partition coefficient (Wildman–Crippen LogP) is -0.762. The maximum absolute atomic E-state index is 12.4. The SMILES string of the molecule is CNC(=O)C1CCCCN1S(=O)(=O)N(C)CCC(=O)O. The zero-order valence-corrected chi connectivity index (χ0v) is 12.5. The van der Waals surface area contributed by atoms with Crippen molar-refractivity contribution in [1.82, 2.24) is 13.9 Å². The Hall–Kier alpha value is -1.19. The fourth-order valence-corrected chi connectivity index (χ4v) is 3.72. The molecule has 1 atom stereocenters. The Kier molecular flexibility index (Phi) is 5.90. The first-order valence-corrected chi connectivity index (χ1v) is 7.87. The molecule has 1 unspecified atom stereocenters. The van der Waals surface area contributed by atoms with E-state index in [1.807, 2.05) is 0 Å². The van der Waals surface area contributed by atoms with E-state index in [1.165, 1.54) is 14.1 Å². The second-order valence-corrected chi connectivity index (χ2v) is 6.70. The molecule has 1 fully saturated rings. The topological polar surface area (TPSA) is 107 Å². The van der Waals surface area contributed by atoms with E-state index in [2.05, 4.69) is 5.32 Å². The molecule has 1 amide bonds. The summed E-state index contributed by atoms with van der Waals surface area (Å²) >= 11 is 0. The fraction of sp³-hybridized carbons (Fsp3) is 0.818. The zero-order valence-electron chi connectivity index (χ0n) is 11.7. The van der Waals surface area contributed by atoms with Gasteiger partial charge in [0.1, 0.15) is 6.04 Å². The molecule has 0 bridgehead atoms. The van der Waals surface area contributed by atoms with E-state index in [9.17, 15) is 18.0 Å². The highest BCUT2D eigenvalue weighted by Crippen LogP contribution is 2.22. The van der Waals surface area contributed by atoms with Crippen molar-refractivity contribution in [2.75, 3.05) is 27.2 Å². The fourth-order valence-electron chi connectivity index (χ4n) is 2.16. The Morgan fingerprint density at radius 2 is 2.05 bits per heavy atom. The Bertz CT molecular complexity index is 465. The van der Waals surface area contributed by atoms with Gasteiger partial charge in [-0.05, 0) is 12.8 Å². The monoisotopic (exact) mass is 307 g/mol. The minimum absolute atomic E-state index is 0.116. The number of likely N-dealkylation sites (N-methyl/N-ethyl adjacent to an activating group) is 1. The quantitative estimate of drug-likeness (QED) is 0.670. The number of nitrogens with zero attached hydrogens (tertiary/aromatic N) is 2. The van der Waals surface area contributed by atoms with Gasteiger partial charge in [0.25, 0.3) is 10.2 Å². The van der Waals surface area contributed by atoms with Crippen molar-refractivity contribution in [3.63, 3.8) is 0 Å². The van der Waals surface area contributed by atoms with Gasteiger partial charge < -0.3 is 10.4 Å². The minimum atomic E-state index is -3.82. The molecule has 1 saturated heterocycles. The molecule has 8 nitrogen and oxygen atoms in total. The van der Waals surface area contributed by atoms with Gasteiger partial charge in [0, 0.05) is 27.2 Å². The molecule has 0 aromatic heterocycles. The van der Waals surface area contributed by atoms with Crippen LogP contribution in [-0.2, 0) is 19.8 Å². The maximum atomic E-state index is 12.4. The normalized spacial score (nSPS) is 20.9. The number of carbonyl (C=O) groups excluding carboxylic acids is 1. The number of carboxylic acids is 1. The van der Waals surface area contributed by atoms with Crippen molar-refractivity contribution in [1.29, 1.82) is 0 Å². The van der Waals surface area contributed by atoms with E-state index in [1.54, 1.807) is 0 Å². The molecule has 0 aromatic carbocycles. The smallest absolute Gasteiger partial charge is 0.304 e. The lowest BCUT2D eigenvalue weighted by atomic mass is 10.0. The van der Waals surface area contributed by atoms with E-state index in [0.29, 0.717) is 12.8 Å². The van der Waals surface area contributed by atoms with Crippen LogP contribution < -0.4 is 5.32 Å². The summed E-state index contributed by atoms with van der Waals surface area (Å²) in [5.41, 5.74) is 0. The number of nitrogens with one attached hydrogen (secondary N) is 1. The summed E-state index contributed by atoms with van der Waals surface area (Å²) in [6.07, 6.45) is 1.70. The third kappa shape index (κ3) is 3.90. The van der Waals surface area contributed by atoms with Gasteiger partial charge in [-0.3, -0.25) is 9.59 Å². The van der Waals surface area contributed by atoms with Crippen LogP contribution in [0.5, 0.6) is 0 Å². The Morgan fingerprint density at radius 3 is 2.60 bits per heavy atom. The van der Waals surface area contributed by atoms with E-state index < -0.39 is 22.2 Å². The standard InChI is InChI=1S/C11H21N3O5S/c1-12-11(17)9-5-3-4-7-14(9)20(18,19)13(2)8-6-10(15)16/h9H,3-8H2,1-2H3,(H,12,17)(H,15,16). The predicted molar refractivity (Wildman–Crippen MR) is 72.2 cm³/mol. The molecular weight excluding hydrogens is 286 g/mol. The highest BCUT2D eigenvalue weighted by molar-refractivity contribution is 7.86. The van der Waals surface area contributed by atoms with Crippen LogP contribution in [0, 0.1) is 0 Å². The molecule has 1 rings (SSSR count). The third-order valence-electron chi connectivity index (χ3n) is 3.33. The first kappa shape index (κ1) is 16.9. The molecular formula is C11H21N3O5S. The Balaban J connectivity index is 2.86. The minimum Gasteiger partial charge on any atom is -0.481 e. The van der Waals surface area contributed by atoms with Crippen molar-refractivity contribution < 1.29 is 23.1 Å². The van der Waals surface area contributed by atoms with Crippen LogP contribution in [0.15, 0.2) is 0 Å². The van der Waals surface area contributed by atoms with Crippen LogP contribution in [-0.4, -0.2) is 67.2 Å². The van der Waals surface area contributed by atoms with Gasteiger partial charge in [-0.1, -0.05) is 6.42 Å². The van der Waals surface area contributed by atoms with E-state index in [0.717, 1.165) is 15.0 Å². The summed E-state index contributed by atoms with van der Waals surface area (Å²) in [7, 11) is -1.02. The van der Waals surface area contributed by atoms with Crippen molar-refractivity contribution in [3.8, 4) is 0 Å². The summed E-state index contributed by atoms with van der Waals surface area (Å²) in [5.74, 6) is -1.39. The number of carboxylic acid groups (broad SMARTS) is 1. The number of aliphatic carboxylic acids is 1. The molecule has 0 radical (unpaired) electrons. The lowest BCUT2D eigenvalue weighted by Crippen LogP contribution is -2.54. The summed E-state index contributed by atoms with van der Waals surface area (Å²) in [6.45, 7) is 0.159. The van der Waals surface area contributed by atoms with Crippen LogP contribution in [0.3, 0.4) is 0 Å². The number of rotatable bonds is 6. The number of amides is 1. The van der Waals surface area contributed by atoms with E-state index in [-0.39, 0.29) is 25.4 Å². The van der Waals surface area contributed by atoms with Crippen molar-refractivity contribution in [3.05, 3.63) is 0 Å². The molecule has 2 N–H and O–H groups in total. The van der Waals surface area contributed by atoms with E-state index >= 15 is 0 Å².